The van der Waals surface area contributed by atoms with Gasteiger partial charge in [0.15, 0.2) is 11.6 Å². The van der Waals surface area contributed by atoms with Crippen molar-refractivity contribution >= 4 is 10.0 Å². The lowest BCUT2D eigenvalue weighted by Gasteiger charge is -2.31. The van der Waals surface area contributed by atoms with Crippen LogP contribution >= 0.6 is 0 Å². The molecule has 1 aliphatic rings. The molecule has 0 radical (unpaired) electrons. The van der Waals surface area contributed by atoms with Crippen LogP contribution in [-0.2, 0) is 10.0 Å². The molecule has 142 valence electrons. The first-order valence-electron chi connectivity index (χ1n) is 8.17. The summed E-state index contributed by atoms with van der Waals surface area (Å²) in [6.07, 6.45) is 3.45. The van der Waals surface area contributed by atoms with E-state index in [0.29, 0.717) is 19.4 Å². The van der Waals surface area contributed by atoms with Crippen molar-refractivity contribution in [2.75, 3.05) is 20.2 Å². The van der Waals surface area contributed by atoms with Gasteiger partial charge in [-0.2, -0.15) is 9.57 Å². The molecule has 8 nitrogen and oxygen atoms in total. The van der Waals surface area contributed by atoms with Gasteiger partial charge in [0.25, 0.3) is 5.88 Å². The highest BCUT2D eigenvalue weighted by Crippen LogP contribution is 2.26. The lowest BCUT2D eigenvalue weighted by atomic mass is 10.1. The highest BCUT2D eigenvalue weighted by Gasteiger charge is 2.32. The summed E-state index contributed by atoms with van der Waals surface area (Å²) in [6.45, 7) is 0.360. The first-order valence-corrected chi connectivity index (χ1v) is 9.61. The maximum atomic E-state index is 13.9. The number of nitrogens with zero attached hydrogens (tertiary/aromatic N) is 4. The number of sulfonamides is 1. The Morgan fingerprint density at radius 3 is 2.81 bits per heavy atom. The fourth-order valence-electron chi connectivity index (χ4n) is 2.82. The number of methoxy groups -OCH3 is 1. The molecule has 1 aliphatic heterocycles. The van der Waals surface area contributed by atoms with Gasteiger partial charge in [0.2, 0.25) is 15.7 Å². The molecule has 10 heteroatoms. The van der Waals surface area contributed by atoms with Gasteiger partial charge in [-0.15, -0.1) is 0 Å². The van der Waals surface area contributed by atoms with E-state index in [1.165, 1.54) is 35.9 Å². The highest BCUT2D eigenvalue weighted by molar-refractivity contribution is 7.89. The van der Waals surface area contributed by atoms with Crippen molar-refractivity contribution in [3.8, 4) is 17.7 Å². The standard InChI is InChI=1S/C17H17FN4O4S/c1-25-16-5-4-13(9-14(16)18)27(23,24)22-8-2-3-12(11-22)26-17-15(10-19)20-6-7-21-17/h4-7,9,12H,2-3,8,11H2,1H3. The molecule has 1 saturated heterocycles. The zero-order chi connectivity index (χ0) is 19.4. The summed E-state index contributed by atoms with van der Waals surface area (Å²) in [6, 6.07) is 5.41. The van der Waals surface area contributed by atoms with E-state index < -0.39 is 21.9 Å². The molecule has 1 aromatic heterocycles. The van der Waals surface area contributed by atoms with E-state index >= 15 is 0 Å². The van der Waals surface area contributed by atoms with Crippen LogP contribution in [0.3, 0.4) is 0 Å². The van der Waals surface area contributed by atoms with Crippen LogP contribution in [0.15, 0.2) is 35.5 Å². The summed E-state index contributed by atoms with van der Waals surface area (Å²) < 4.78 is 51.4. The summed E-state index contributed by atoms with van der Waals surface area (Å²) in [7, 11) is -2.59. The van der Waals surface area contributed by atoms with Gasteiger partial charge in [-0.25, -0.2) is 22.8 Å². The predicted octanol–water partition coefficient (Wildman–Crippen LogP) is 1.73. The van der Waals surface area contributed by atoms with E-state index in [-0.39, 0.29) is 28.8 Å². The largest absolute Gasteiger partial charge is 0.494 e. The van der Waals surface area contributed by atoms with Crippen LogP contribution in [0.2, 0.25) is 0 Å². The molecule has 0 N–H and O–H groups in total. The number of halogens is 1. The number of ether oxygens (including phenoxy) is 2. The minimum Gasteiger partial charge on any atom is -0.494 e. The average molecular weight is 392 g/mol. The fourth-order valence-corrected chi connectivity index (χ4v) is 4.34. The van der Waals surface area contributed by atoms with Gasteiger partial charge in [0.1, 0.15) is 12.2 Å². The van der Waals surface area contributed by atoms with Crippen molar-refractivity contribution in [1.29, 1.82) is 5.26 Å². The molecule has 1 atom stereocenters. The van der Waals surface area contributed by atoms with E-state index in [9.17, 15) is 12.8 Å². The molecule has 0 spiro atoms. The van der Waals surface area contributed by atoms with Gasteiger partial charge in [0, 0.05) is 18.9 Å². The summed E-state index contributed by atoms with van der Waals surface area (Å²) in [5.74, 6) is -0.707. The molecule has 1 aromatic carbocycles. The smallest absolute Gasteiger partial charge is 0.251 e. The second kappa shape index (κ2) is 7.85. The Morgan fingerprint density at radius 1 is 1.33 bits per heavy atom. The number of benzene rings is 1. The molecular weight excluding hydrogens is 375 g/mol. The first kappa shape index (κ1) is 19.0. The molecule has 0 bridgehead atoms. The van der Waals surface area contributed by atoms with Crippen LogP contribution < -0.4 is 9.47 Å². The maximum absolute atomic E-state index is 13.9. The van der Waals surface area contributed by atoms with Gasteiger partial charge in [-0.05, 0) is 31.0 Å². The van der Waals surface area contributed by atoms with Crippen molar-refractivity contribution < 1.29 is 22.3 Å². The molecule has 2 heterocycles. The van der Waals surface area contributed by atoms with Crippen molar-refractivity contribution in [1.82, 2.24) is 14.3 Å². The van der Waals surface area contributed by atoms with Gasteiger partial charge < -0.3 is 9.47 Å². The van der Waals surface area contributed by atoms with Crippen molar-refractivity contribution in [3.63, 3.8) is 0 Å². The van der Waals surface area contributed by atoms with Crippen molar-refractivity contribution in [3.05, 3.63) is 42.1 Å². The van der Waals surface area contributed by atoms with E-state index in [0.717, 1.165) is 6.07 Å². The lowest BCUT2D eigenvalue weighted by molar-refractivity contribution is 0.124. The third kappa shape index (κ3) is 3.99. The van der Waals surface area contributed by atoms with Crippen LogP contribution in [0.4, 0.5) is 4.39 Å². The fraction of sp³-hybridized carbons (Fsp3) is 0.353. The molecule has 27 heavy (non-hydrogen) atoms. The monoisotopic (exact) mass is 392 g/mol. The Labute approximate surface area is 156 Å². The Hall–Kier alpha value is -2.77. The van der Waals surface area contributed by atoms with Gasteiger partial charge in [0.05, 0.1) is 18.6 Å². The SMILES string of the molecule is COc1ccc(S(=O)(=O)N2CCCC(Oc3nccnc3C#N)C2)cc1F. The lowest BCUT2D eigenvalue weighted by Crippen LogP contribution is -2.44. The van der Waals surface area contributed by atoms with Crippen molar-refractivity contribution in [2.24, 2.45) is 0 Å². The molecule has 0 amide bonds. The topological polar surface area (TPSA) is 105 Å². The van der Waals surface area contributed by atoms with Gasteiger partial charge in [-0.3, -0.25) is 0 Å². The zero-order valence-electron chi connectivity index (χ0n) is 14.5. The zero-order valence-corrected chi connectivity index (χ0v) is 15.3. The second-order valence-electron chi connectivity index (χ2n) is 5.86. The summed E-state index contributed by atoms with van der Waals surface area (Å²) in [5, 5.41) is 9.06. The maximum Gasteiger partial charge on any atom is 0.251 e. The second-order valence-corrected chi connectivity index (χ2v) is 7.80. The quantitative estimate of drug-likeness (QED) is 0.763. The average Bonchev–Trinajstić information content (AvgIpc) is 2.68. The Morgan fingerprint density at radius 2 is 2.11 bits per heavy atom. The summed E-state index contributed by atoms with van der Waals surface area (Å²) in [4.78, 5) is 7.70. The van der Waals surface area contributed by atoms with E-state index in [4.69, 9.17) is 14.7 Å². The number of nitriles is 1. The normalized spacial score (nSPS) is 17.9. The predicted molar refractivity (Wildman–Crippen MR) is 92.1 cm³/mol. The minimum absolute atomic E-state index is 0.0273. The number of hydrogen-bond acceptors (Lipinski definition) is 7. The molecule has 2 aromatic rings. The summed E-state index contributed by atoms with van der Waals surface area (Å²) in [5.41, 5.74) is 0.0368. The Bertz CT molecular complexity index is 977. The molecule has 0 aliphatic carbocycles. The van der Waals surface area contributed by atoms with E-state index in [1.54, 1.807) is 0 Å². The molecular formula is C17H17FN4O4S. The number of piperidine rings is 1. The Kier molecular flexibility index (Phi) is 5.53. The third-order valence-electron chi connectivity index (χ3n) is 4.15. The number of aromatic nitrogens is 2. The van der Waals surface area contributed by atoms with Crippen LogP contribution in [0.1, 0.15) is 18.5 Å². The molecule has 1 unspecified atom stereocenters. The molecule has 3 rings (SSSR count). The first-order chi connectivity index (χ1) is 13.0. The van der Waals surface area contributed by atoms with Gasteiger partial charge in [-0.1, -0.05) is 0 Å². The number of hydrogen-bond donors (Lipinski definition) is 0. The van der Waals surface area contributed by atoms with Crippen LogP contribution in [0.25, 0.3) is 0 Å². The van der Waals surface area contributed by atoms with Crippen molar-refractivity contribution in [2.45, 2.75) is 23.8 Å². The van der Waals surface area contributed by atoms with E-state index in [1.807, 2.05) is 6.07 Å². The molecule has 1 fully saturated rings. The van der Waals surface area contributed by atoms with Gasteiger partial charge >= 0.3 is 0 Å². The highest BCUT2D eigenvalue weighted by atomic mass is 32.2. The number of rotatable bonds is 5. The minimum atomic E-state index is -3.89. The van der Waals surface area contributed by atoms with Crippen LogP contribution in [-0.4, -0.2) is 49.0 Å². The summed E-state index contributed by atoms with van der Waals surface area (Å²) >= 11 is 0. The third-order valence-corrected chi connectivity index (χ3v) is 6.01. The van der Waals surface area contributed by atoms with Crippen LogP contribution in [0, 0.1) is 17.1 Å². The van der Waals surface area contributed by atoms with E-state index in [2.05, 4.69) is 9.97 Å². The Balaban J connectivity index is 1.79. The van der Waals surface area contributed by atoms with Crippen LogP contribution in [0.5, 0.6) is 11.6 Å². The molecule has 0 saturated carbocycles.